The minimum atomic E-state index is -3.93. The normalized spacial score (nSPS) is 26.4. The number of aryl methyl sites for hydroxylation is 1. The Bertz CT molecular complexity index is 904. The molecule has 0 aromatic carbocycles. The second-order valence-electron chi connectivity index (χ2n) is 7.60. The summed E-state index contributed by atoms with van der Waals surface area (Å²) in [6.45, 7) is 6.53. The molecule has 2 atom stereocenters. The summed E-state index contributed by atoms with van der Waals surface area (Å²) in [5.74, 6) is 0. The summed E-state index contributed by atoms with van der Waals surface area (Å²) in [6, 6.07) is 0.313. The Labute approximate surface area is 159 Å². The Kier molecular flexibility index (Phi) is 5.62. The number of piperidine rings is 1. The average molecular weight is 401 g/mol. The molecule has 10 heteroatoms. The molecule has 1 aromatic rings. The molecule has 0 unspecified atom stereocenters. The van der Waals surface area contributed by atoms with Crippen molar-refractivity contribution in [3.05, 3.63) is 27.0 Å². The van der Waals surface area contributed by atoms with Crippen molar-refractivity contribution >= 4 is 10.0 Å². The predicted octanol–water partition coefficient (Wildman–Crippen LogP) is -0.654. The third-order valence-corrected chi connectivity index (χ3v) is 7.30. The van der Waals surface area contributed by atoms with E-state index in [0.717, 1.165) is 28.4 Å². The minimum Gasteiger partial charge on any atom is -0.373 e. The maximum Gasteiger partial charge on any atom is 0.330 e. The van der Waals surface area contributed by atoms with Crippen LogP contribution >= 0.6 is 0 Å². The van der Waals surface area contributed by atoms with Gasteiger partial charge in [-0.15, -0.1) is 0 Å². The zero-order chi connectivity index (χ0) is 19.9. The Morgan fingerprint density at radius 3 is 2.15 bits per heavy atom. The highest BCUT2D eigenvalue weighted by Crippen LogP contribution is 2.24. The van der Waals surface area contributed by atoms with Gasteiger partial charge in [0.1, 0.15) is 0 Å². The van der Waals surface area contributed by atoms with Crippen LogP contribution in [-0.4, -0.2) is 71.2 Å². The molecule has 1 aromatic heterocycles. The lowest BCUT2D eigenvalue weighted by Crippen LogP contribution is -2.54. The van der Waals surface area contributed by atoms with Gasteiger partial charge in [-0.05, 0) is 26.7 Å². The molecule has 3 rings (SSSR count). The van der Waals surface area contributed by atoms with Gasteiger partial charge in [0, 0.05) is 52.5 Å². The molecule has 2 aliphatic heterocycles. The number of sulfonamides is 1. The number of morpholine rings is 1. The number of ether oxygens (including phenoxy) is 1. The summed E-state index contributed by atoms with van der Waals surface area (Å²) >= 11 is 0. The fourth-order valence-electron chi connectivity index (χ4n) is 4.05. The van der Waals surface area contributed by atoms with E-state index in [1.807, 2.05) is 0 Å². The Balaban J connectivity index is 1.76. The summed E-state index contributed by atoms with van der Waals surface area (Å²) in [6.07, 6.45) is 2.89. The monoisotopic (exact) mass is 400 g/mol. The highest BCUT2D eigenvalue weighted by molar-refractivity contribution is 7.89. The molecule has 0 aliphatic carbocycles. The van der Waals surface area contributed by atoms with E-state index in [-0.39, 0.29) is 17.1 Å². The standard InChI is InChI=1S/C17H28N4O5S/c1-12-9-20(10-13(2)26-12)14-5-7-21(8-6-14)27(24,25)15-11-18(3)17(23)19(4)16(15)22/h11-14H,5-10H2,1-4H3/t12-,13+. The van der Waals surface area contributed by atoms with Crippen LogP contribution < -0.4 is 11.2 Å². The van der Waals surface area contributed by atoms with E-state index in [9.17, 15) is 18.0 Å². The number of aromatic nitrogens is 2. The summed E-state index contributed by atoms with van der Waals surface area (Å²) in [4.78, 5) is 26.2. The molecule has 0 N–H and O–H groups in total. The maximum absolute atomic E-state index is 13.0. The highest BCUT2D eigenvalue weighted by Gasteiger charge is 2.35. The third-order valence-electron chi connectivity index (χ3n) is 5.42. The van der Waals surface area contributed by atoms with Crippen molar-refractivity contribution in [2.75, 3.05) is 26.2 Å². The lowest BCUT2D eigenvalue weighted by Gasteiger charge is -2.43. The fraction of sp³-hybridized carbons (Fsp3) is 0.765. The van der Waals surface area contributed by atoms with Gasteiger partial charge in [0.25, 0.3) is 5.56 Å². The van der Waals surface area contributed by atoms with E-state index in [1.54, 1.807) is 0 Å². The molecule has 0 radical (unpaired) electrons. The average Bonchev–Trinajstić information content (AvgIpc) is 2.62. The molecule has 0 bridgehead atoms. The lowest BCUT2D eigenvalue weighted by molar-refractivity contribution is -0.0847. The smallest absolute Gasteiger partial charge is 0.330 e. The van der Waals surface area contributed by atoms with Gasteiger partial charge >= 0.3 is 5.69 Å². The zero-order valence-electron chi connectivity index (χ0n) is 16.3. The van der Waals surface area contributed by atoms with Crippen LogP contribution in [-0.2, 0) is 28.9 Å². The van der Waals surface area contributed by atoms with Gasteiger partial charge in [0.05, 0.1) is 12.2 Å². The summed E-state index contributed by atoms with van der Waals surface area (Å²) in [7, 11) is -1.21. The van der Waals surface area contributed by atoms with Gasteiger partial charge in [0.2, 0.25) is 10.0 Å². The molecule has 152 valence electrons. The highest BCUT2D eigenvalue weighted by atomic mass is 32.2. The molecular formula is C17H28N4O5S. The number of rotatable bonds is 3. The van der Waals surface area contributed by atoms with Gasteiger partial charge in [-0.25, -0.2) is 13.2 Å². The summed E-state index contributed by atoms with van der Waals surface area (Å²) < 4.78 is 35.0. The van der Waals surface area contributed by atoms with Crippen molar-refractivity contribution in [2.24, 2.45) is 14.1 Å². The Hall–Kier alpha value is -1.49. The third kappa shape index (κ3) is 3.89. The van der Waals surface area contributed by atoms with E-state index in [1.165, 1.54) is 18.4 Å². The van der Waals surface area contributed by atoms with Gasteiger partial charge in [0.15, 0.2) is 4.90 Å². The fourth-order valence-corrected chi connectivity index (χ4v) is 5.67. The largest absolute Gasteiger partial charge is 0.373 e. The molecule has 2 saturated heterocycles. The number of hydrogen-bond acceptors (Lipinski definition) is 6. The van der Waals surface area contributed by atoms with Crippen LogP contribution in [0.15, 0.2) is 20.7 Å². The van der Waals surface area contributed by atoms with Crippen molar-refractivity contribution in [3.8, 4) is 0 Å². The molecule has 3 heterocycles. The van der Waals surface area contributed by atoms with Crippen molar-refractivity contribution in [1.29, 1.82) is 0 Å². The van der Waals surface area contributed by atoms with Crippen LogP contribution in [0.5, 0.6) is 0 Å². The van der Waals surface area contributed by atoms with E-state index < -0.39 is 21.3 Å². The second kappa shape index (κ2) is 7.50. The van der Waals surface area contributed by atoms with Crippen molar-refractivity contribution in [3.63, 3.8) is 0 Å². The molecule has 0 amide bonds. The topological polar surface area (TPSA) is 93.9 Å². The maximum atomic E-state index is 13.0. The van der Waals surface area contributed by atoms with Crippen LogP contribution in [0.2, 0.25) is 0 Å². The first-order valence-electron chi connectivity index (χ1n) is 9.27. The minimum absolute atomic E-state index is 0.170. The predicted molar refractivity (Wildman–Crippen MR) is 100 cm³/mol. The van der Waals surface area contributed by atoms with Crippen LogP contribution in [0.1, 0.15) is 26.7 Å². The SMILES string of the molecule is C[C@@H]1CN(C2CCN(S(=O)(=O)c3cn(C)c(=O)n(C)c3=O)CC2)C[C@H](C)O1. The van der Waals surface area contributed by atoms with Gasteiger partial charge in [-0.1, -0.05) is 0 Å². The van der Waals surface area contributed by atoms with E-state index in [2.05, 4.69) is 18.7 Å². The summed E-state index contributed by atoms with van der Waals surface area (Å²) in [5.41, 5.74) is -1.33. The van der Waals surface area contributed by atoms with E-state index in [4.69, 9.17) is 4.74 Å². The van der Waals surface area contributed by atoms with Gasteiger partial charge < -0.3 is 9.30 Å². The van der Waals surface area contributed by atoms with Gasteiger partial charge in [-0.2, -0.15) is 4.31 Å². The molecule has 9 nitrogen and oxygen atoms in total. The van der Waals surface area contributed by atoms with E-state index in [0.29, 0.717) is 32.0 Å². The molecule has 0 saturated carbocycles. The molecular weight excluding hydrogens is 372 g/mol. The first-order chi connectivity index (χ1) is 12.6. The number of hydrogen-bond donors (Lipinski definition) is 0. The Morgan fingerprint density at radius 1 is 1.04 bits per heavy atom. The van der Waals surface area contributed by atoms with Crippen LogP contribution in [0.3, 0.4) is 0 Å². The first-order valence-corrected chi connectivity index (χ1v) is 10.7. The molecule has 2 fully saturated rings. The van der Waals surface area contributed by atoms with Crippen molar-refractivity contribution < 1.29 is 13.2 Å². The van der Waals surface area contributed by atoms with Crippen LogP contribution in [0.25, 0.3) is 0 Å². The van der Waals surface area contributed by atoms with Crippen LogP contribution in [0.4, 0.5) is 0 Å². The second-order valence-corrected chi connectivity index (χ2v) is 9.50. The number of nitrogens with zero attached hydrogens (tertiary/aromatic N) is 4. The zero-order valence-corrected chi connectivity index (χ0v) is 17.1. The molecule has 2 aliphatic rings. The molecule has 27 heavy (non-hydrogen) atoms. The van der Waals surface area contributed by atoms with Crippen molar-refractivity contribution in [2.45, 2.75) is 49.8 Å². The Morgan fingerprint density at radius 2 is 1.59 bits per heavy atom. The summed E-state index contributed by atoms with van der Waals surface area (Å²) in [5, 5.41) is 0. The molecule has 0 spiro atoms. The quantitative estimate of drug-likeness (QED) is 0.669. The lowest BCUT2D eigenvalue weighted by atomic mass is 10.0. The van der Waals surface area contributed by atoms with Crippen LogP contribution in [0, 0.1) is 0 Å². The van der Waals surface area contributed by atoms with Crippen molar-refractivity contribution in [1.82, 2.24) is 18.3 Å². The van der Waals surface area contributed by atoms with E-state index >= 15 is 0 Å². The first kappa shape index (κ1) is 20.2. The van der Waals surface area contributed by atoms with Gasteiger partial charge in [-0.3, -0.25) is 14.3 Å².